The molecule has 11 nitrogen and oxygen atoms in total. The lowest BCUT2D eigenvalue weighted by molar-refractivity contribution is 0.101. The second kappa shape index (κ2) is 11.2. The number of carbonyl (C=O) groups is 2. The van der Waals surface area contributed by atoms with Crippen molar-refractivity contribution in [1.29, 1.82) is 0 Å². The normalized spacial score (nSPS) is 11.9. The van der Waals surface area contributed by atoms with Crippen LogP contribution in [0.4, 0.5) is 34.5 Å². The lowest BCUT2D eigenvalue weighted by Gasteiger charge is -2.18. The maximum absolute atomic E-state index is 13.2. The number of amides is 2. The summed E-state index contributed by atoms with van der Waals surface area (Å²) >= 11 is 0. The Morgan fingerprint density at radius 2 is 1.60 bits per heavy atom. The zero-order valence-corrected chi connectivity index (χ0v) is 22.3. The first-order chi connectivity index (χ1) is 19.3. The first-order valence-electron chi connectivity index (χ1n) is 12.6. The Bertz CT molecular complexity index is 1610. The number of aromatic nitrogens is 2. The average Bonchev–Trinajstić information content (AvgIpc) is 2.96. The first kappa shape index (κ1) is 26.3. The molecule has 5 rings (SSSR count). The minimum absolute atomic E-state index is 0.251. The van der Waals surface area contributed by atoms with E-state index in [0.717, 1.165) is 16.8 Å². The van der Waals surface area contributed by atoms with E-state index in [-0.39, 0.29) is 11.5 Å². The van der Waals surface area contributed by atoms with E-state index in [9.17, 15) is 9.59 Å². The maximum atomic E-state index is 13.2. The molecule has 6 N–H and O–H groups in total. The average molecular weight is 540 g/mol. The molecule has 0 aliphatic carbocycles. The van der Waals surface area contributed by atoms with E-state index in [2.05, 4.69) is 31.2 Å². The van der Waals surface area contributed by atoms with Gasteiger partial charge in [0.05, 0.1) is 0 Å². The molecule has 1 aliphatic rings. The van der Waals surface area contributed by atoms with Gasteiger partial charge in [-0.15, -0.1) is 0 Å². The molecule has 3 aromatic carbocycles. The molecule has 0 atom stereocenters. The van der Waals surface area contributed by atoms with Crippen LogP contribution in [0.15, 0.2) is 60.8 Å². The summed E-state index contributed by atoms with van der Waals surface area (Å²) < 4.78 is 11.1. The highest BCUT2D eigenvalue weighted by Crippen LogP contribution is 2.31. The summed E-state index contributed by atoms with van der Waals surface area (Å²) in [6, 6.07) is 15.9. The summed E-state index contributed by atoms with van der Waals surface area (Å²) in [6.45, 7) is 4.69. The van der Waals surface area contributed by atoms with Gasteiger partial charge in [-0.2, -0.15) is 4.98 Å². The van der Waals surface area contributed by atoms with Crippen molar-refractivity contribution in [2.24, 2.45) is 0 Å². The van der Waals surface area contributed by atoms with Gasteiger partial charge in [0.2, 0.25) is 5.95 Å². The molecule has 4 aromatic rings. The van der Waals surface area contributed by atoms with Gasteiger partial charge >= 0.3 is 0 Å². The van der Waals surface area contributed by atoms with Gasteiger partial charge in [-0.1, -0.05) is 12.1 Å². The van der Waals surface area contributed by atoms with Gasteiger partial charge < -0.3 is 36.5 Å². The topological polar surface area (TPSA) is 153 Å². The molecule has 0 radical (unpaired) electrons. The Morgan fingerprint density at radius 1 is 0.850 bits per heavy atom. The van der Waals surface area contributed by atoms with Crippen LogP contribution in [0.5, 0.6) is 11.5 Å². The van der Waals surface area contributed by atoms with Crippen LogP contribution in [0.25, 0.3) is 0 Å². The van der Waals surface area contributed by atoms with E-state index in [1.807, 2.05) is 32.0 Å². The van der Waals surface area contributed by atoms with Gasteiger partial charge in [0.25, 0.3) is 11.8 Å². The molecule has 0 spiro atoms. The molecule has 204 valence electrons. The number of aryl methyl sites for hydroxylation is 2. The molecule has 1 aliphatic heterocycles. The summed E-state index contributed by atoms with van der Waals surface area (Å²) in [5.41, 5.74) is 10.9. The fourth-order valence-corrected chi connectivity index (χ4v) is 4.06. The van der Waals surface area contributed by atoms with Crippen LogP contribution in [-0.4, -0.2) is 42.0 Å². The first-order valence-corrected chi connectivity index (χ1v) is 12.6. The smallest absolute Gasteiger partial charge is 0.261 e. The zero-order valence-electron chi connectivity index (χ0n) is 22.3. The number of nitrogens with one attached hydrogen (secondary N) is 4. The van der Waals surface area contributed by atoms with Crippen molar-refractivity contribution in [2.45, 2.75) is 13.8 Å². The van der Waals surface area contributed by atoms with Crippen molar-refractivity contribution in [3.63, 3.8) is 0 Å². The van der Waals surface area contributed by atoms with Crippen LogP contribution in [0.3, 0.4) is 0 Å². The number of benzene rings is 3. The number of fused-ring (bicyclic) bond motifs is 1. The molecular weight excluding hydrogens is 510 g/mol. The number of nitrogens with zero attached hydrogens (tertiary/aromatic N) is 2. The number of carbonyl (C=O) groups excluding carboxylic acids is 2. The largest absolute Gasteiger partial charge is 0.486 e. The van der Waals surface area contributed by atoms with Crippen molar-refractivity contribution < 1.29 is 19.1 Å². The van der Waals surface area contributed by atoms with Crippen molar-refractivity contribution in [1.82, 2.24) is 9.97 Å². The zero-order chi connectivity index (χ0) is 28.2. The number of ether oxygens (including phenoxy) is 2. The quantitative estimate of drug-likeness (QED) is 0.210. The second-order valence-electron chi connectivity index (χ2n) is 9.20. The molecule has 0 unspecified atom stereocenters. The standard InChI is InChI=1S/C29H29N7O4/c1-16-4-7-19(13-22(16)30)34-29-32-15-21(26(31-3)36-29)28(38)35-23-14-20(8-5-17(23)2)33-27(37)18-6-9-24-25(12-18)40-11-10-39-24/h4-9,12-15H,10-11,30H2,1-3H3,(H,33,37)(H,35,38)(H2,31,32,34,36). The van der Waals surface area contributed by atoms with Gasteiger partial charge in [0.15, 0.2) is 11.5 Å². The van der Waals surface area contributed by atoms with E-state index in [1.54, 1.807) is 43.4 Å². The van der Waals surface area contributed by atoms with Crippen LogP contribution >= 0.6 is 0 Å². The van der Waals surface area contributed by atoms with Crippen LogP contribution in [0.1, 0.15) is 31.8 Å². The fourth-order valence-electron chi connectivity index (χ4n) is 4.06. The number of anilines is 6. The third-order valence-electron chi connectivity index (χ3n) is 6.35. The van der Waals surface area contributed by atoms with Gasteiger partial charge in [0, 0.05) is 41.6 Å². The van der Waals surface area contributed by atoms with E-state index < -0.39 is 5.91 Å². The molecule has 2 heterocycles. The van der Waals surface area contributed by atoms with Crippen molar-refractivity contribution in [3.8, 4) is 11.5 Å². The lowest BCUT2D eigenvalue weighted by atomic mass is 10.1. The summed E-state index contributed by atoms with van der Waals surface area (Å²) in [4.78, 5) is 34.8. The fraction of sp³-hybridized carbons (Fsp3) is 0.172. The van der Waals surface area contributed by atoms with E-state index in [0.29, 0.717) is 59.1 Å². The molecule has 1 aromatic heterocycles. The highest BCUT2D eigenvalue weighted by atomic mass is 16.6. The minimum Gasteiger partial charge on any atom is -0.486 e. The van der Waals surface area contributed by atoms with Gasteiger partial charge in [-0.3, -0.25) is 9.59 Å². The third-order valence-corrected chi connectivity index (χ3v) is 6.35. The van der Waals surface area contributed by atoms with Gasteiger partial charge in [-0.25, -0.2) is 4.98 Å². The Balaban J connectivity index is 1.30. The lowest BCUT2D eigenvalue weighted by Crippen LogP contribution is -2.18. The molecule has 0 saturated heterocycles. The predicted molar refractivity (Wildman–Crippen MR) is 155 cm³/mol. The number of hydrogen-bond acceptors (Lipinski definition) is 9. The molecule has 0 fully saturated rings. The Labute approximate surface area is 231 Å². The second-order valence-corrected chi connectivity index (χ2v) is 9.20. The molecule has 2 amide bonds. The Hall–Kier alpha value is -5.32. The summed E-state index contributed by atoms with van der Waals surface area (Å²) in [5, 5.41) is 11.8. The predicted octanol–water partition coefficient (Wildman–Crippen LogP) is 4.74. The van der Waals surface area contributed by atoms with Gasteiger partial charge in [0.1, 0.15) is 24.6 Å². The third kappa shape index (κ3) is 5.73. The van der Waals surface area contributed by atoms with Crippen LogP contribution in [0.2, 0.25) is 0 Å². The van der Waals surface area contributed by atoms with Crippen LogP contribution in [0, 0.1) is 13.8 Å². The summed E-state index contributed by atoms with van der Waals surface area (Å²) in [6.07, 6.45) is 1.44. The molecule has 0 bridgehead atoms. The molecular formula is C29H29N7O4. The van der Waals surface area contributed by atoms with E-state index >= 15 is 0 Å². The minimum atomic E-state index is -0.408. The summed E-state index contributed by atoms with van der Waals surface area (Å²) in [5.74, 6) is 1.07. The number of nitrogen functional groups attached to an aromatic ring is 1. The monoisotopic (exact) mass is 539 g/mol. The van der Waals surface area contributed by atoms with Crippen molar-refractivity contribution >= 4 is 46.3 Å². The SMILES string of the molecule is CNc1nc(Nc2ccc(C)c(N)c2)ncc1C(=O)Nc1cc(NC(=O)c2ccc3c(c2)OCCO3)ccc1C. The number of rotatable bonds is 7. The number of hydrogen-bond donors (Lipinski definition) is 5. The Kier molecular flexibility index (Phi) is 7.36. The van der Waals surface area contributed by atoms with Crippen molar-refractivity contribution in [2.75, 3.05) is 47.3 Å². The molecule has 0 saturated carbocycles. The number of nitrogens with two attached hydrogens (primary N) is 1. The Morgan fingerprint density at radius 3 is 2.38 bits per heavy atom. The maximum Gasteiger partial charge on any atom is 0.261 e. The van der Waals surface area contributed by atoms with Crippen LogP contribution < -0.4 is 36.5 Å². The highest BCUT2D eigenvalue weighted by Gasteiger charge is 2.18. The van der Waals surface area contributed by atoms with E-state index in [1.165, 1.54) is 6.20 Å². The summed E-state index contributed by atoms with van der Waals surface area (Å²) in [7, 11) is 1.67. The molecule has 40 heavy (non-hydrogen) atoms. The highest BCUT2D eigenvalue weighted by molar-refractivity contribution is 6.09. The molecule has 11 heteroatoms. The van der Waals surface area contributed by atoms with Crippen molar-refractivity contribution in [3.05, 3.63) is 83.0 Å². The van der Waals surface area contributed by atoms with Gasteiger partial charge in [-0.05, 0) is 67.4 Å². The van der Waals surface area contributed by atoms with E-state index in [4.69, 9.17) is 15.2 Å². The van der Waals surface area contributed by atoms with Crippen LogP contribution in [-0.2, 0) is 0 Å².